The average molecular weight is 461 g/mol. The number of amides is 1. The van der Waals surface area contributed by atoms with Gasteiger partial charge in [-0.3, -0.25) is 9.69 Å². The van der Waals surface area contributed by atoms with Crippen LogP contribution < -0.4 is 14.8 Å². The number of halogens is 1. The molecule has 0 radical (unpaired) electrons. The van der Waals surface area contributed by atoms with Gasteiger partial charge in [-0.2, -0.15) is 0 Å². The van der Waals surface area contributed by atoms with Gasteiger partial charge in [-0.1, -0.05) is 43.6 Å². The molecule has 0 aliphatic heterocycles. The van der Waals surface area contributed by atoms with Gasteiger partial charge in [0.15, 0.2) is 11.5 Å². The molecule has 5 nitrogen and oxygen atoms in total. The Bertz CT molecular complexity index is 1020. The maximum Gasteiger partial charge on any atom is 0.267 e. The molecule has 7 heteroatoms. The van der Waals surface area contributed by atoms with E-state index in [4.69, 9.17) is 21.1 Å². The molecule has 0 unspecified atom stereocenters. The lowest BCUT2D eigenvalue weighted by Crippen LogP contribution is -2.30. The number of fused-ring (bicyclic) bond motifs is 1. The molecule has 166 valence electrons. The zero-order valence-corrected chi connectivity index (χ0v) is 19.8. The Morgan fingerprint density at radius 2 is 1.81 bits per heavy atom. The van der Waals surface area contributed by atoms with Crippen LogP contribution >= 0.6 is 22.9 Å². The van der Waals surface area contributed by atoms with E-state index in [9.17, 15) is 4.79 Å². The van der Waals surface area contributed by atoms with Crippen molar-refractivity contribution in [2.45, 2.75) is 26.7 Å². The fourth-order valence-electron chi connectivity index (χ4n) is 3.47. The third-order valence-corrected chi connectivity index (χ3v) is 6.58. The number of carbonyl (C=O) groups is 1. The standard InChI is InChI=1S/C24H29ClN2O3S/c1-4-12-27(13-5-2)14-15-30-20-16-17(10-11-19(20)29-3)26-24(28)23-22(25)18-8-6-7-9-21(18)31-23/h6-11,16H,4-5,12-15H2,1-3H3,(H,26,28). The van der Waals surface area contributed by atoms with Crippen LogP contribution in [0.3, 0.4) is 0 Å². The van der Waals surface area contributed by atoms with Crippen LogP contribution in [0, 0.1) is 0 Å². The zero-order valence-electron chi connectivity index (χ0n) is 18.2. The van der Waals surface area contributed by atoms with Gasteiger partial charge in [0, 0.05) is 28.4 Å². The number of hydrogen-bond donors (Lipinski definition) is 1. The lowest BCUT2D eigenvalue weighted by molar-refractivity contribution is 0.103. The molecule has 3 aromatic rings. The molecule has 1 N–H and O–H groups in total. The maximum atomic E-state index is 12.9. The van der Waals surface area contributed by atoms with Crippen LogP contribution in [0.2, 0.25) is 5.02 Å². The second-order valence-electron chi connectivity index (χ2n) is 7.25. The molecule has 1 heterocycles. The quantitative estimate of drug-likeness (QED) is 0.364. The van der Waals surface area contributed by atoms with E-state index in [2.05, 4.69) is 24.1 Å². The maximum absolute atomic E-state index is 12.9. The Morgan fingerprint density at radius 3 is 2.48 bits per heavy atom. The van der Waals surface area contributed by atoms with Gasteiger partial charge in [0.2, 0.25) is 0 Å². The Balaban J connectivity index is 1.70. The lowest BCUT2D eigenvalue weighted by atomic mass is 10.2. The Hall–Kier alpha value is -2.28. The topological polar surface area (TPSA) is 50.8 Å². The number of carbonyl (C=O) groups excluding carboxylic acids is 1. The number of nitrogens with zero attached hydrogens (tertiary/aromatic N) is 1. The summed E-state index contributed by atoms with van der Waals surface area (Å²) in [6, 6.07) is 13.1. The van der Waals surface area contributed by atoms with Crippen LogP contribution in [0.4, 0.5) is 5.69 Å². The van der Waals surface area contributed by atoms with E-state index in [0.29, 0.717) is 33.7 Å². The highest BCUT2D eigenvalue weighted by molar-refractivity contribution is 7.21. The number of ether oxygens (including phenoxy) is 2. The molecular formula is C24H29ClN2O3S. The molecule has 0 spiro atoms. The van der Waals surface area contributed by atoms with Crippen LogP contribution in [-0.2, 0) is 0 Å². The molecule has 0 saturated carbocycles. The normalized spacial score (nSPS) is 11.1. The second-order valence-corrected chi connectivity index (χ2v) is 8.68. The van der Waals surface area contributed by atoms with Gasteiger partial charge in [0.1, 0.15) is 11.5 Å². The van der Waals surface area contributed by atoms with Crippen LogP contribution in [0.25, 0.3) is 10.1 Å². The highest BCUT2D eigenvalue weighted by atomic mass is 35.5. The van der Waals surface area contributed by atoms with Crippen molar-refractivity contribution in [3.05, 3.63) is 52.4 Å². The number of thiophene rings is 1. The molecule has 2 aromatic carbocycles. The summed E-state index contributed by atoms with van der Waals surface area (Å²) in [6.45, 7) is 7.87. The van der Waals surface area contributed by atoms with Crippen molar-refractivity contribution < 1.29 is 14.3 Å². The molecule has 3 rings (SSSR count). The molecule has 0 bridgehead atoms. The monoisotopic (exact) mass is 460 g/mol. The number of anilines is 1. The molecular weight excluding hydrogens is 432 g/mol. The molecule has 0 atom stereocenters. The summed E-state index contributed by atoms with van der Waals surface area (Å²) in [5, 5.41) is 4.30. The summed E-state index contributed by atoms with van der Waals surface area (Å²) in [5.41, 5.74) is 0.633. The minimum atomic E-state index is -0.237. The van der Waals surface area contributed by atoms with E-state index >= 15 is 0 Å². The van der Waals surface area contributed by atoms with Gasteiger partial charge in [0.25, 0.3) is 5.91 Å². The van der Waals surface area contributed by atoms with Gasteiger partial charge in [-0.15, -0.1) is 11.3 Å². The summed E-state index contributed by atoms with van der Waals surface area (Å²) >= 11 is 7.83. The molecule has 31 heavy (non-hydrogen) atoms. The molecule has 0 saturated heterocycles. The Labute approximate surface area is 192 Å². The lowest BCUT2D eigenvalue weighted by Gasteiger charge is -2.21. The molecule has 1 amide bonds. The van der Waals surface area contributed by atoms with Gasteiger partial charge < -0.3 is 14.8 Å². The summed E-state index contributed by atoms with van der Waals surface area (Å²) < 4.78 is 12.4. The minimum absolute atomic E-state index is 0.237. The van der Waals surface area contributed by atoms with Gasteiger partial charge in [0.05, 0.1) is 12.1 Å². The van der Waals surface area contributed by atoms with Crippen LogP contribution in [0.1, 0.15) is 36.4 Å². The Kier molecular flexibility index (Phi) is 8.58. The molecule has 0 aliphatic rings. The molecule has 1 aromatic heterocycles. The van der Waals surface area contributed by atoms with E-state index in [-0.39, 0.29) is 5.91 Å². The van der Waals surface area contributed by atoms with Crippen LogP contribution in [0.5, 0.6) is 11.5 Å². The van der Waals surface area contributed by atoms with E-state index in [1.54, 1.807) is 25.3 Å². The molecule has 0 fully saturated rings. The van der Waals surface area contributed by atoms with Crippen molar-refractivity contribution in [3.63, 3.8) is 0 Å². The number of nitrogens with one attached hydrogen (secondary N) is 1. The van der Waals surface area contributed by atoms with E-state index in [1.807, 2.05) is 24.3 Å². The predicted molar refractivity (Wildman–Crippen MR) is 130 cm³/mol. The average Bonchev–Trinajstić information content (AvgIpc) is 3.11. The summed E-state index contributed by atoms with van der Waals surface area (Å²) in [4.78, 5) is 15.7. The van der Waals surface area contributed by atoms with Gasteiger partial charge in [-0.25, -0.2) is 0 Å². The second kappa shape index (κ2) is 11.4. The highest BCUT2D eigenvalue weighted by Gasteiger charge is 2.18. The largest absolute Gasteiger partial charge is 0.493 e. The van der Waals surface area contributed by atoms with Crippen molar-refractivity contribution >= 4 is 44.6 Å². The first-order chi connectivity index (χ1) is 15.1. The number of hydrogen-bond acceptors (Lipinski definition) is 5. The first kappa shape index (κ1) is 23.4. The van der Waals surface area contributed by atoms with Crippen molar-refractivity contribution in [3.8, 4) is 11.5 Å². The number of rotatable bonds is 11. The zero-order chi connectivity index (χ0) is 22.2. The Morgan fingerprint density at radius 1 is 1.06 bits per heavy atom. The third kappa shape index (κ3) is 5.91. The van der Waals surface area contributed by atoms with E-state index in [0.717, 1.165) is 42.6 Å². The van der Waals surface area contributed by atoms with E-state index in [1.165, 1.54) is 11.3 Å². The summed E-state index contributed by atoms with van der Waals surface area (Å²) in [6.07, 6.45) is 2.23. The fraction of sp³-hybridized carbons (Fsp3) is 0.375. The minimum Gasteiger partial charge on any atom is -0.493 e. The highest BCUT2D eigenvalue weighted by Crippen LogP contribution is 2.36. The fourth-order valence-corrected chi connectivity index (χ4v) is 4.88. The summed E-state index contributed by atoms with van der Waals surface area (Å²) in [5.74, 6) is 1.01. The SMILES string of the molecule is CCCN(CCC)CCOc1cc(NC(=O)c2sc3ccccc3c2Cl)ccc1OC. The predicted octanol–water partition coefficient (Wildman–Crippen LogP) is 6.32. The van der Waals surface area contributed by atoms with E-state index < -0.39 is 0 Å². The smallest absolute Gasteiger partial charge is 0.267 e. The first-order valence-corrected chi connectivity index (χ1v) is 11.8. The van der Waals surface area contributed by atoms with Gasteiger partial charge >= 0.3 is 0 Å². The number of methoxy groups -OCH3 is 1. The van der Waals surface area contributed by atoms with Crippen molar-refractivity contribution in [1.82, 2.24) is 4.90 Å². The first-order valence-electron chi connectivity index (χ1n) is 10.6. The molecule has 0 aliphatic carbocycles. The van der Waals surface area contributed by atoms with Crippen molar-refractivity contribution in [1.29, 1.82) is 0 Å². The van der Waals surface area contributed by atoms with Crippen molar-refractivity contribution in [2.24, 2.45) is 0 Å². The third-order valence-electron chi connectivity index (χ3n) is 4.91. The summed E-state index contributed by atoms with van der Waals surface area (Å²) in [7, 11) is 1.61. The van der Waals surface area contributed by atoms with Crippen LogP contribution in [-0.4, -0.2) is 44.2 Å². The van der Waals surface area contributed by atoms with Crippen molar-refractivity contribution in [2.75, 3.05) is 38.7 Å². The van der Waals surface area contributed by atoms with Gasteiger partial charge in [-0.05, 0) is 44.1 Å². The van der Waals surface area contributed by atoms with Crippen LogP contribution in [0.15, 0.2) is 42.5 Å². The number of benzene rings is 2.